The van der Waals surface area contributed by atoms with Crippen LogP contribution in [0.4, 0.5) is 0 Å². The molecule has 0 saturated carbocycles. The van der Waals surface area contributed by atoms with Gasteiger partial charge in [0.25, 0.3) is 0 Å². The van der Waals surface area contributed by atoms with E-state index in [0.29, 0.717) is 18.4 Å². The van der Waals surface area contributed by atoms with Crippen LogP contribution >= 0.6 is 0 Å². The number of amides is 1. The maximum absolute atomic E-state index is 11.5. The van der Waals surface area contributed by atoms with Gasteiger partial charge in [-0.1, -0.05) is 34.1 Å². The van der Waals surface area contributed by atoms with Crippen molar-refractivity contribution in [3.63, 3.8) is 0 Å². The Morgan fingerprint density at radius 1 is 1.20 bits per heavy atom. The topological polar surface area (TPSA) is 41.1 Å². The predicted octanol–water partition coefficient (Wildman–Crippen LogP) is 1.93. The van der Waals surface area contributed by atoms with E-state index in [2.05, 4.69) is 45.3 Å². The molecule has 0 spiro atoms. The van der Waals surface area contributed by atoms with Gasteiger partial charge < -0.3 is 10.6 Å². The predicted molar refractivity (Wildman–Crippen MR) is 64.8 cm³/mol. The fourth-order valence-corrected chi connectivity index (χ4v) is 1.30. The summed E-state index contributed by atoms with van der Waals surface area (Å²) in [6, 6.07) is 0.728. The van der Waals surface area contributed by atoms with Gasteiger partial charge in [0.1, 0.15) is 0 Å². The lowest BCUT2D eigenvalue weighted by atomic mass is 10.0. The van der Waals surface area contributed by atoms with Crippen molar-refractivity contribution >= 4 is 5.91 Å². The van der Waals surface area contributed by atoms with Gasteiger partial charge in [-0.2, -0.15) is 0 Å². The minimum absolute atomic E-state index is 0.149. The lowest BCUT2D eigenvalue weighted by molar-refractivity contribution is -0.121. The number of nitrogens with one attached hydrogen (secondary N) is 2. The minimum atomic E-state index is 0.149. The van der Waals surface area contributed by atoms with Crippen LogP contribution in [0.5, 0.6) is 0 Å². The molecular weight excluding hydrogens is 188 g/mol. The summed E-state index contributed by atoms with van der Waals surface area (Å²) >= 11 is 0. The Labute approximate surface area is 94.0 Å². The maximum atomic E-state index is 11.5. The third-order valence-electron chi connectivity index (χ3n) is 2.79. The third-order valence-corrected chi connectivity index (χ3v) is 2.79. The average Bonchev–Trinajstić information content (AvgIpc) is 2.15. The monoisotopic (exact) mass is 214 g/mol. The molecule has 15 heavy (non-hydrogen) atoms. The number of carbonyl (C=O) groups excluding carboxylic acids is 1. The molecule has 2 atom stereocenters. The molecule has 0 fully saturated rings. The Kier molecular flexibility index (Phi) is 7.39. The van der Waals surface area contributed by atoms with Crippen molar-refractivity contribution in [2.75, 3.05) is 6.54 Å². The molecule has 0 saturated heterocycles. The van der Waals surface area contributed by atoms with Crippen molar-refractivity contribution in [2.45, 2.75) is 59.5 Å². The summed E-state index contributed by atoms with van der Waals surface area (Å²) in [4.78, 5) is 11.5. The van der Waals surface area contributed by atoms with Gasteiger partial charge in [0.05, 0.1) is 0 Å². The third kappa shape index (κ3) is 7.37. The smallest absolute Gasteiger partial charge is 0.221 e. The van der Waals surface area contributed by atoms with E-state index in [4.69, 9.17) is 0 Å². The van der Waals surface area contributed by atoms with Crippen LogP contribution in [0, 0.1) is 5.92 Å². The van der Waals surface area contributed by atoms with Gasteiger partial charge >= 0.3 is 0 Å². The van der Waals surface area contributed by atoms with E-state index in [9.17, 15) is 4.79 Å². The van der Waals surface area contributed by atoms with Gasteiger partial charge in [0.15, 0.2) is 0 Å². The molecule has 3 nitrogen and oxygen atoms in total. The minimum Gasteiger partial charge on any atom is -0.353 e. The highest BCUT2D eigenvalue weighted by Crippen LogP contribution is 2.06. The van der Waals surface area contributed by atoms with Crippen LogP contribution in [-0.4, -0.2) is 24.5 Å². The molecular formula is C12H26N2O. The zero-order chi connectivity index (χ0) is 11.8. The van der Waals surface area contributed by atoms with E-state index in [1.807, 2.05) is 0 Å². The molecule has 2 unspecified atom stereocenters. The molecule has 0 aliphatic rings. The molecule has 1 amide bonds. The first-order valence-corrected chi connectivity index (χ1v) is 6.00. The highest BCUT2D eigenvalue weighted by molar-refractivity contribution is 5.76. The highest BCUT2D eigenvalue weighted by atomic mass is 16.1. The van der Waals surface area contributed by atoms with Crippen LogP contribution in [0.1, 0.15) is 47.5 Å². The second-order valence-electron chi connectivity index (χ2n) is 4.60. The number of rotatable bonds is 7. The van der Waals surface area contributed by atoms with Crippen LogP contribution in [0.3, 0.4) is 0 Å². The second kappa shape index (κ2) is 7.69. The highest BCUT2D eigenvalue weighted by Gasteiger charge is 2.12. The van der Waals surface area contributed by atoms with Crippen LogP contribution in [0.15, 0.2) is 0 Å². The van der Waals surface area contributed by atoms with E-state index >= 15 is 0 Å². The molecule has 2 N–H and O–H groups in total. The zero-order valence-electron chi connectivity index (χ0n) is 10.8. The molecule has 0 radical (unpaired) electrons. The summed E-state index contributed by atoms with van der Waals surface area (Å²) in [7, 11) is 0. The van der Waals surface area contributed by atoms with E-state index in [-0.39, 0.29) is 11.9 Å². The summed E-state index contributed by atoms with van der Waals surface area (Å²) in [6.45, 7) is 11.3. The fraction of sp³-hybridized carbons (Fsp3) is 0.917. The zero-order valence-corrected chi connectivity index (χ0v) is 10.8. The van der Waals surface area contributed by atoms with Crippen LogP contribution in [-0.2, 0) is 4.79 Å². The van der Waals surface area contributed by atoms with Crippen LogP contribution in [0.25, 0.3) is 0 Å². The van der Waals surface area contributed by atoms with Crippen molar-refractivity contribution in [1.29, 1.82) is 0 Å². The molecule has 0 aromatic heterocycles. The Morgan fingerprint density at radius 2 is 1.80 bits per heavy atom. The molecule has 0 aromatic rings. The maximum Gasteiger partial charge on any atom is 0.221 e. The summed E-state index contributed by atoms with van der Waals surface area (Å²) < 4.78 is 0. The molecule has 0 aliphatic carbocycles. The summed E-state index contributed by atoms with van der Waals surface area (Å²) in [6.07, 6.45) is 1.67. The Bertz CT molecular complexity index is 180. The quantitative estimate of drug-likeness (QED) is 0.680. The van der Waals surface area contributed by atoms with Gasteiger partial charge in [0, 0.05) is 25.0 Å². The average molecular weight is 214 g/mol. The first-order valence-electron chi connectivity index (χ1n) is 6.00. The molecule has 0 aromatic carbocycles. The number of hydrogen-bond donors (Lipinski definition) is 2. The SMILES string of the molecule is CCC(C)C(C)NC(=O)CCNC(C)C. The Balaban J connectivity index is 3.64. The van der Waals surface area contributed by atoms with Gasteiger partial charge in [-0.25, -0.2) is 0 Å². The largest absolute Gasteiger partial charge is 0.353 e. The Morgan fingerprint density at radius 3 is 2.27 bits per heavy atom. The molecule has 0 bridgehead atoms. The van der Waals surface area contributed by atoms with Gasteiger partial charge in [-0.05, 0) is 12.8 Å². The summed E-state index contributed by atoms with van der Waals surface area (Å²) in [5.41, 5.74) is 0. The van der Waals surface area contributed by atoms with E-state index in [1.165, 1.54) is 0 Å². The van der Waals surface area contributed by atoms with Crippen molar-refractivity contribution < 1.29 is 4.79 Å². The van der Waals surface area contributed by atoms with E-state index in [1.54, 1.807) is 0 Å². The molecule has 0 heterocycles. The van der Waals surface area contributed by atoms with Crippen molar-refractivity contribution in [3.05, 3.63) is 0 Å². The van der Waals surface area contributed by atoms with Crippen LogP contribution < -0.4 is 10.6 Å². The van der Waals surface area contributed by atoms with Crippen molar-refractivity contribution in [3.8, 4) is 0 Å². The molecule has 3 heteroatoms. The van der Waals surface area contributed by atoms with E-state index in [0.717, 1.165) is 13.0 Å². The lowest BCUT2D eigenvalue weighted by Crippen LogP contribution is -2.38. The van der Waals surface area contributed by atoms with Gasteiger partial charge in [0.2, 0.25) is 5.91 Å². The lowest BCUT2D eigenvalue weighted by Gasteiger charge is -2.20. The number of hydrogen-bond acceptors (Lipinski definition) is 2. The summed E-state index contributed by atoms with van der Waals surface area (Å²) in [5.74, 6) is 0.697. The second-order valence-corrected chi connectivity index (χ2v) is 4.60. The Hall–Kier alpha value is -0.570. The summed E-state index contributed by atoms with van der Waals surface area (Å²) in [5, 5.41) is 6.26. The fourth-order valence-electron chi connectivity index (χ4n) is 1.30. The standard InChI is InChI=1S/C12H26N2O/c1-6-10(4)11(5)14-12(15)7-8-13-9(2)3/h9-11,13H,6-8H2,1-5H3,(H,14,15). The first-order chi connectivity index (χ1) is 6.97. The van der Waals surface area contributed by atoms with E-state index < -0.39 is 0 Å². The normalized spacial score (nSPS) is 15.1. The molecule has 0 aliphatic heterocycles. The van der Waals surface area contributed by atoms with Gasteiger partial charge in [-0.15, -0.1) is 0 Å². The molecule has 90 valence electrons. The number of carbonyl (C=O) groups is 1. The van der Waals surface area contributed by atoms with Crippen LogP contribution in [0.2, 0.25) is 0 Å². The first kappa shape index (κ1) is 14.4. The van der Waals surface area contributed by atoms with Crippen molar-refractivity contribution in [1.82, 2.24) is 10.6 Å². The molecule has 0 rings (SSSR count). The van der Waals surface area contributed by atoms with Crippen molar-refractivity contribution in [2.24, 2.45) is 5.92 Å². The van der Waals surface area contributed by atoms with Gasteiger partial charge in [-0.3, -0.25) is 4.79 Å².